The summed E-state index contributed by atoms with van der Waals surface area (Å²) in [5.41, 5.74) is 1.35. The number of methoxy groups -OCH3 is 1. The standard InChI is InChI=1S/C13H12O3/c1-16-8-9-2-3-10-4-5-11(13(14)15)7-12(10)6-9/h2-7H,8H2,1H3,(H,14,15). The van der Waals surface area contributed by atoms with Crippen LogP contribution >= 0.6 is 0 Å². The van der Waals surface area contributed by atoms with Crippen LogP contribution in [0.5, 0.6) is 0 Å². The average Bonchev–Trinajstić information content (AvgIpc) is 2.28. The number of hydrogen-bond acceptors (Lipinski definition) is 2. The Labute approximate surface area is 93.3 Å². The van der Waals surface area contributed by atoms with Gasteiger partial charge >= 0.3 is 5.97 Å². The van der Waals surface area contributed by atoms with Gasteiger partial charge in [-0.1, -0.05) is 18.2 Å². The van der Waals surface area contributed by atoms with E-state index in [1.807, 2.05) is 24.3 Å². The Bertz CT molecular complexity index is 532. The summed E-state index contributed by atoms with van der Waals surface area (Å²) in [6.45, 7) is 0.535. The number of benzene rings is 2. The minimum atomic E-state index is -0.904. The Morgan fingerprint density at radius 3 is 2.62 bits per heavy atom. The van der Waals surface area contributed by atoms with Crippen molar-refractivity contribution < 1.29 is 14.6 Å². The summed E-state index contributed by atoms with van der Waals surface area (Å²) >= 11 is 0. The molecule has 0 atom stereocenters. The van der Waals surface area contributed by atoms with Crippen molar-refractivity contribution in [1.82, 2.24) is 0 Å². The number of hydrogen-bond donors (Lipinski definition) is 1. The Morgan fingerprint density at radius 1 is 1.19 bits per heavy atom. The van der Waals surface area contributed by atoms with Crippen molar-refractivity contribution >= 4 is 16.7 Å². The Morgan fingerprint density at radius 2 is 1.94 bits per heavy atom. The van der Waals surface area contributed by atoms with Gasteiger partial charge in [-0.25, -0.2) is 4.79 Å². The van der Waals surface area contributed by atoms with Crippen LogP contribution in [-0.2, 0) is 11.3 Å². The van der Waals surface area contributed by atoms with Gasteiger partial charge in [-0.3, -0.25) is 0 Å². The molecule has 0 spiro atoms. The van der Waals surface area contributed by atoms with Crippen LogP contribution in [0.4, 0.5) is 0 Å². The van der Waals surface area contributed by atoms with Gasteiger partial charge < -0.3 is 9.84 Å². The predicted octanol–water partition coefficient (Wildman–Crippen LogP) is 2.68. The lowest BCUT2D eigenvalue weighted by atomic mass is 10.0. The number of ether oxygens (including phenoxy) is 1. The normalized spacial score (nSPS) is 10.6. The zero-order valence-electron chi connectivity index (χ0n) is 8.93. The molecule has 0 aliphatic carbocycles. The lowest BCUT2D eigenvalue weighted by Gasteiger charge is -2.03. The fourth-order valence-electron chi connectivity index (χ4n) is 1.69. The summed E-state index contributed by atoms with van der Waals surface area (Å²) in [6.07, 6.45) is 0. The molecule has 0 heterocycles. The van der Waals surface area contributed by atoms with Gasteiger partial charge in [0.1, 0.15) is 0 Å². The Hall–Kier alpha value is -1.87. The molecule has 3 nitrogen and oxygen atoms in total. The molecule has 0 saturated carbocycles. The summed E-state index contributed by atoms with van der Waals surface area (Å²) < 4.78 is 5.04. The van der Waals surface area contributed by atoms with Crippen LogP contribution in [0.15, 0.2) is 36.4 Å². The average molecular weight is 216 g/mol. The fourth-order valence-corrected chi connectivity index (χ4v) is 1.69. The Kier molecular flexibility index (Phi) is 2.88. The maximum atomic E-state index is 10.8. The van der Waals surface area contributed by atoms with E-state index in [-0.39, 0.29) is 0 Å². The van der Waals surface area contributed by atoms with Crippen LogP contribution in [0, 0.1) is 0 Å². The minimum absolute atomic E-state index is 0.307. The zero-order chi connectivity index (χ0) is 11.5. The van der Waals surface area contributed by atoms with E-state index in [2.05, 4.69) is 0 Å². The molecule has 82 valence electrons. The predicted molar refractivity (Wildman–Crippen MR) is 61.6 cm³/mol. The van der Waals surface area contributed by atoms with E-state index in [4.69, 9.17) is 9.84 Å². The number of carboxylic acids is 1. The molecule has 2 rings (SSSR count). The van der Waals surface area contributed by atoms with Gasteiger partial charge in [-0.05, 0) is 34.5 Å². The first kappa shape index (κ1) is 10.6. The Balaban J connectivity index is 2.52. The largest absolute Gasteiger partial charge is 0.478 e. The lowest BCUT2D eigenvalue weighted by molar-refractivity contribution is 0.0697. The smallest absolute Gasteiger partial charge is 0.335 e. The van der Waals surface area contributed by atoms with Crippen molar-refractivity contribution in [2.24, 2.45) is 0 Å². The van der Waals surface area contributed by atoms with Crippen molar-refractivity contribution in [3.63, 3.8) is 0 Å². The minimum Gasteiger partial charge on any atom is -0.478 e. The molecule has 0 aliphatic heterocycles. The van der Waals surface area contributed by atoms with E-state index < -0.39 is 5.97 Å². The van der Waals surface area contributed by atoms with E-state index in [9.17, 15) is 4.79 Å². The first-order chi connectivity index (χ1) is 7.70. The molecule has 0 saturated heterocycles. The second-order valence-corrected chi connectivity index (χ2v) is 3.63. The summed E-state index contributed by atoms with van der Waals surface area (Å²) in [5.74, 6) is -0.904. The third-order valence-corrected chi connectivity index (χ3v) is 2.46. The van der Waals surface area contributed by atoms with E-state index in [0.717, 1.165) is 16.3 Å². The maximum Gasteiger partial charge on any atom is 0.335 e. The van der Waals surface area contributed by atoms with Crippen molar-refractivity contribution in [1.29, 1.82) is 0 Å². The van der Waals surface area contributed by atoms with Crippen LogP contribution < -0.4 is 0 Å². The molecule has 1 N–H and O–H groups in total. The highest BCUT2D eigenvalue weighted by molar-refractivity contribution is 5.94. The number of carboxylic acid groups (broad SMARTS) is 1. The quantitative estimate of drug-likeness (QED) is 0.858. The van der Waals surface area contributed by atoms with Gasteiger partial charge in [0.15, 0.2) is 0 Å². The summed E-state index contributed by atoms with van der Waals surface area (Å²) in [6, 6.07) is 11.0. The van der Waals surface area contributed by atoms with Gasteiger partial charge in [-0.15, -0.1) is 0 Å². The van der Waals surface area contributed by atoms with Crippen LogP contribution in [0.25, 0.3) is 10.8 Å². The molecule has 3 heteroatoms. The molecule has 0 fully saturated rings. The van der Waals surface area contributed by atoms with Crippen molar-refractivity contribution in [2.45, 2.75) is 6.61 Å². The van der Waals surface area contributed by atoms with Crippen molar-refractivity contribution in [3.05, 3.63) is 47.5 Å². The molecular weight excluding hydrogens is 204 g/mol. The van der Waals surface area contributed by atoms with Gasteiger partial charge in [0.25, 0.3) is 0 Å². The van der Waals surface area contributed by atoms with Crippen molar-refractivity contribution in [3.8, 4) is 0 Å². The van der Waals surface area contributed by atoms with Crippen LogP contribution in [-0.4, -0.2) is 18.2 Å². The second-order valence-electron chi connectivity index (χ2n) is 3.63. The summed E-state index contributed by atoms with van der Waals surface area (Å²) in [5, 5.41) is 10.8. The summed E-state index contributed by atoms with van der Waals surface area (Å²) in [4.78, 5) is 10.8. The topological polar surface area (TPSA) is 46.5 Å². The van der Waals surface area contributed by atoms with E-state index in [1.165, 1.54) is 0 Å². The molecule has 0 radical (unpaired) electrons. The van der Waals surface area contributed by atoms with Gasteiger partial charge in [0.05, 0.1) is 12.2 Å². The SMILES string of the molecule is COCc1ccc2ccc(C(=O)O)cc2c1. The molecule has 0 bridgehead atoms. The van der Waals surface area contributed by atoms with Crippen LogP contribution in [0.3, 0.4) is 0 Å². The van der Waals surface area contributed by atoms with Crippen molar-refractivity contribution in [2.75, 3.05) is 7.11 Å². The van der Waals surface area contributed by atoms with Crippen LogP contribution in [0.2, 0.25) is 0 Å². The molecule has 0 aromatic heterocycles. The van der Waals surface area contributed by atoms with Gasteiger partial charge in [0, 0.05) is 7.11 Å². The zero-order valence-corrected chi connectivity index (χ0v) is 8.93. The highest BCUT2D eigenvalue weighted by Crippen LogP contribution is 2.18. The number of aromatic carboxylic acids is 1. The first-order valence-electron chi connectivity index (χ1n) is 4.95. The molecule has 0 aliphatic rings. The number of carbonyl (C=O) groups is 1. The van der Waals surface area contributed by atoms with E-state index in [1.54, 1.807) is 19.2 Å². The number of fused-ring (bicyclic) bond motifs is 1. The van der Waals surface area contributed by atoms with Gasteiger partial charge in [-0.2, -0.15) is 0 Å². The lowest BCUT2D eigenvalue weighted by Crippen LogP contribution is -1.95. The van der Waals surface area contributed by atoms with E-state index in [0.29, 0.717) is 12.2 Å². The fraction of sp³-hybridized carbons (Fsp3) is 0.154. The van der Waals surface area contributed by atoms with Gasteiger partial charge in [0.2, 0.25) is 0 Å². The molecular formula is C13H12O3. The third-order valence-electron chi connectivity index (χ3n) is 2.46. The molecule has 2 aromatic carbocycles. The first-order valence-corrected chi connectivity index (χ1v) is 4.95. The number of rotatable bonds is 3. The molecule has 2 aromatic rings. The highest BCUT2D eigenvalue weighted by Gasteiger charge is 2.03. The highest BCUT2D eigenvalue weighted by atomic mass is 16.5. The van der Waals surface area contributed by atoms with E-state index >= 15 is 0 Å². The maximum absolute atomic E-state index is 10.8. The third kappa shape index (κ3) is 2.04. The second kappa shape index (κ2) is 4.33. The monoisotopic (exact) mass is 216 g/mol. The summed E-state index contributed by atoms with van der Waals surface area (Å²) in [7, 11) is 1.64. The van der Waals surface area contributed by atoms with Crippen LogP contribution in [0.1, 0.15) is 15.9 Å². The molecule has 0 unspecified atom stereocenters. The molecule has 16 heavy (non-hydrogen) atoms. The molecule has 0 amide bonds.